The highest BCUT2D eigenvalue weighted by Gasteiger charge is 2.27. The van der Waals surface area contributed by atoms with Crippen molar-refractivity contribution >= 4 is 32.5 Å². The van der Waals surface area contributed by atoms with Crippen LogP contribution in [0, 0.1) is 0 Å². The maximum Gasteiger partial charge on any atom is 0.375 e. The van der Waals surface area contributed by atoms with Crippen LogP contribution in [0.15, 0.2) is 82.4 Å². The number of H-pyrrole nitrogens is 1. The molecule has 31 heavy (non-hydrogen) atoms. The number of hydrogen-bond acceptors (Lipinski definition) is 6. The maximum absolute atomic E-state index is 12.8. The van der Waals surface area contributed by atoms with Gasteiger partial charge in [-0.3, -0.25) is 4.79 Å². The molecule has 2 aromatic heterocycles. The predicted molar refractivity (Wildman–Crippen MR) is 114 cm³/mol. The fraction of sp³-hybridized carbons (Fsp3) is 0.130. The summed E-state index contributed by atoms with van der Waals surface area (Å²) in [6, 6.07) is 16.6. The zero-order valence-corrected chi connectivity index (χ0v) is 17.4. The summed E-state index contributed by atoms with van der Waals surface area (Å²) in [6.45, 7) is 1.46. The number of benzene rings is 2. The van der Waals surface area contributed by atoms with Gasteiger partial charge in [-0.25, -0.2) is 13.2 Å². The summed E-state index contributed by atoms with van der Waals surface area (Å²) in [5.74, 6) is -1.94. The second kappa shape index (κ2) is 8.23. The van der Waals surface area contributed by atoms with E-state index in [4.69, 9.17) is 9.15 Å². The van der Waals surface area contributed by atoms with Gasteiger partial charge in [-0.2, -0.15) is 0 Å². The third-order valence-corrected chi connectivity index (χ3v) is 6.57. The van der Waals surface area contributed by atoms with Crippen LogP contribution < -0.4 is 0 Å². The number of para-hydroxylation sites is 1. The molecule has 8 heteroatoms. The van der Waals surface area contributed by atoms with Crippen molar-refractivity contribution in [3.63, 3.8) is 0 Å². The van der Waals surface area contributed by atoms with Crippen LogP contribution in [-0.4, -0.2) is 31.3 Å². The van der Waals surface area contributed by atoms with Gasteiger partial charge in [0.15, 0.2) is 15.9 Å². The fourth-order valence-corrected chi connectivity index (χ4v) is 4.68. The Labute approximate surface area is 178 Å². The molecule has 1 N–H and O–H groups in total. The Morgan fingerprint density at radius 3 is 2.52 bits per heavy atom. The highest BCUT2D eigenvalue weighted by molar-refractivity contribution is 7.90. The van der Waals surface area contributed by atoms with E-state index < -0.39 is 27.7 Å². The van der Waals surface area contributed by atoms with Crippen LogP contribution in [0.5, 0.6) is 0 Å². The molecule has 1 atom stereocenters. The Morgan fingerprint density at radius 2 is 1.74 bits per heavy atom. The number of ketones is 1. The first-order valence-electron chi connectivity index (χ1n) is 9.52. The standard InChI is InChI=1S/C23H19NO6S/c1-15(21(25)19-13-24-20-10-6-5-9-18(19)20)30-23(26)22-16(11-12-29-22)14-31(27,28)17-7-3-2-4-8-17/h2-13,15,24H,14H2,1H3. The van der Waals surface area contributed by atoms with Gasteiger partial charge in [0.05, 0.1) is 16.9 Å². The van der Waals surface area contributed by atoms with E-state index in [2.05, 4.69) is 4.98 Å². The van der Waals surface area contributed by atoms with Crippen LogP contribution in [0.2, 0.25) is 0 Å². The number of esters is 1. The summed E-state index contributed by atoms with van der Waals surface area (Å²) in [5.41, 5.74) is 1.37. The number of ether oxygens (including phenoxy) is 1. The van der Waals surface area contributed by atoms with Gasteiger partial charge in [0.2, 0.25) is 11.5 Å². The molecule has 0 bridgehead atoms. The lowest BCUT2D eigenvalue weighted by atomic mass is 10.1. The minimum atomic E-state index is -3.68. The van der Waals surface area contributed by atoms with Crippen LogP contribution in [0.4, 0.5) is 0 Å². The van der Waals surface area contributed by atoms with Gasteiger partial charge >= 0.3 is 5.97 Å². The fourth-order valence-electron chi connectivity index (χ4n) is 3.31. The largest absolute Gasteiger partial charge is 0.457 e. The number of aromatic amines is 1. The molecule has 0 aliphatic heterocycles. The lowest BCUT2D eigenvalue weighted by Gasteiger charge is -2.12. The van der Waals surface area contributed by atoms with Gasteiger partial charge in [-0.1, -0.05) is 36.4 Å². The van der Waals surface area contributed by atoms with E-state index in [-0.39, 0.29) is 22.0 Å². The first-order valence-corrected chi connectivity index (χ1v) is 11.2. The summed E-state index contributed by atoms with van der Waals surface area (Å²) < 4.78 is 35.8. The quantitative estimate of drug-likeness (QED) is 0.344. The van der Waals surface area contributed by atoms with Crippen LogP contribution in [0.3, 0.4) is 0 Å². The zero-order chi connectivity index (χ0) is 22.0. The van der Waals surface area contributed by atoms with Crippen molar-refractivity contribution in [2.24, 2.45) is 0 Å². The number of Topliss-reactive ketones (excluding diaryl/α,β-unsaturated/α-hetero) is 1. The average molecular weight is 437 g/mol. The average Bonchev–Trinajstić information content (AvgIpc) is 3.40. The summed E-state index contributed by atoms with van der Waals surface area (Å²) in [5, 5.41) is 0.725. The number of nitrogens with one attached hydrogen (secondary N) is 1. The molecule has 1 unspecified atom stereocenters. The monoisotopic (exact) mass is 437 g/mol. The smallest absolute Gasteiger partial charge is 0.375 e. The molecule has 2 aromatic carbocycles. The number of hydrogen-bond donors (Lipinski definition) is 1. The number of fused-ring (bicyclic) bond motifs is 1. The highest BCUT2D eigenvalue weighted by Crippen LogP contribution is 2.23. The number of carbonyl (C=O) groups excluding carboxylic acids is 2. The molecule has 0 aliphatic carbocycles. The van der Waals surface area contributed by atoms with Crippen molar-refractivity contribution in [1.29, 1.82) is 0 Å². The normalized spacial score (nSPS) is 12.5. The number of carbonyl (C=O) groups is 2. The van der Waals surface area contributed by atoms with E-state index in [9.17, 15) is 18.0 Å². The number of sulfone groups is 1. The van der Waals surface area contributed by atoms with Gasteiger partial charge in [-0.15, -0.1) is 0 Å². The predicted octanol–water partition coefficient (Wildman–Crippen LogP) is 4.16. The first-order chi connectivity index (χ1) is 14.9. The van der Waals surface area contributed by atoms with Crippen molar-refractivity contribution in [2.75, 3.05) is 0 Å². The first kappa shape index (κ1) is 20.6. The van der Waals surface area contributed by atoms with Crippen molar-refractivity contribution in [2.45, 2.75) is 23.7 Å². The highest BCUT2D eigenvalue weighted by atomic mass is 32.2. The van der Waals surface area contributed by atoms with Gasteiger partial charge in [0.25, 0.3) is 0 Å². The minimum absolute atomic E-state index is 0.137. The van der Waals surface area contributed by atoms with Crippen LogP contribution >= 0.6 is 0 Å². The van der Waals surface area contributed by atoms with Crippen LogP contribution in [0.25, 0.3) is 10.9 Å². The van der Waals surface area contributed by atoms with Gasteiger partial charge < -0.3 is 14.1 Å². The Morgan fingerprint density at radius 1 is 1.03 bits per heavy atom. The SMILES string of the molecule is CC(OC(=O)c1occc1CS(=O)(=O)c1ccccc1)C(=O)c1c[nH]c2ccccc12. The second-order valence-corrected chi connectivity index (χ2v) is 9.00. The van der Waals surface area contributed by atoms with Crippen LogP contribution in [-0.2, 0) is 20.3 Å². The van der Waals surface area contributed by atoms with E-state index in [0.717, 1.165) is 10.9 Å². The van der Waals surface area contributed by atoms with Crippen molar-refractivity contribution in [3.05, 3.63) is 90.0 Å². The molecular weight excluding hydrogens is 418 g/mol. The maximum atomic E-state index is 12.8. The van der Waals surface area contributed by atoms with E-state index in [0.29, 0.717) is 5.56 Å². The molecule has 0 radical (unpaired) electrons. The van der Waals surface area contributed by atoms with Crippen LogP contribution in [0.1, 0.15) is 33.4 Å². The number of furan rings is 1. The van der Waals surface area contributed by atoms with Gasteiger partial charge in [0, 0.05) is 28.2 Å². The molecule has 0 aliphatic rings. The Kier molecular flexibility index (Phi) is 5.48. The molecular formula is C23H19NO6S. The summed E-state index contributed by atoms with van der Waals surface area (Å²) in [6.07, 6.45) is 1.70. The second-order valence-electron chi connectivity index (χ2n) is 7.01. The van der Waals surface area contributed by atoms with E-state index in [1.807, 2.05) is 18.2 Å². The Bertz CT molecular complexity index is 1350. The molecule has 0 saturated heterocycles. The number of rotatable bonds is 7. The number of aromatic nitrogens is 1. The van der Waals surface area contributed by atoms with E-state index in [1.165, 1.54) is 31.4 Å². The zero-order valence-electron chi connectivity index (χ0n) is 16.6. The molecule has 4 rings (SSSR count). The molecule has 2 heterocycles. The molecule has 158 valence electrons. The Balaban J connectivity index is 1.51. The minimum Gasteiger partial charge on any atom is -0.457 e. The third-order valence-electron chi connectivity index (χ3n) is 4.89. The molecule has 0 saturated carbocycles. The van der Waals surface area contributed by atoms with E-state index >= 15 is 0 Å². The molecule has 0 fully saturated rings. The Hall–Kier alpha value is -3.65. The van der Waals surface area contributed by atoms with Crippen molar-refractivity contribution < 1.29 is 27.2 Å². The van der Waals surface area contributed by atoms with Gasteiger partial charge in [0.1, 0.15) is 0 Å². The lowest BCUT2D eigenvalue weighted by molar-refractivity contribution is 0.0288. The third kappa shape index (κ3) is 4.15. The summed E-state index contributed by atoms with van der Waals surface area (Å²) >= 11 is 0. The molecule has 0 amide bonds. The lowest BCUT2D eigenvalue weighted by Crippen LogP contribution is -2.24. The molecule has 7 nitrogen and oxygen atoms in total. The summed E-state index contributed by atoms with van der Waals surface area (Å²) in [4.78, 5) is 28.6. The van der Waals surface area contributed by atoms with E-state index in [1.54, 1.807) is 30.5 Å². The van der Waals surface area contributed by atoms with Crippen molar-refractivity contribution in [1.82, 2.24) is 4.98 Å². The van der Waals surface area contributed by atoms with Crippen molar-refractivity contribution in [3.8, 4) is 0 Å². The topological polar surface area (TPSA) is 106 Å². The molecule has 0 spiro atoms. The molecule has 4 aromatic rings. The van der Waals surface area contributed by atoms with Gasteiger partial charge in [-0.05, 0) is 31.2 Å². The summed E-state index contributed by atoms with van der Waals surface area (Å²) in [7, 11) is -3.68.